The maximum atomic E-state index is 13.0. The van der Waals surface area contributed by atoms with Crippen LogP contribution in [0.25, 0.3) is 0 Å². The van der Waals surface area contributed by atoms with Gasteiger partial charge in [0, 0.05) is 31.9 Å². The number of halogens is 2. The molecule has 17 heavy (non-hydrogen) atoms. The van der Waals surface area contributed by atoms with E-state index in [9.17, 15) is 9.50 Å². The topological polar surface area (TPSA) is 61.5 Å². The summed E-state index contributed by atoms with van der Waals surface area (Å²) in [5, 5.41) is 12.9. The van der Waals surface area contributed by atoms with E-state index in [2.05, 4.69) is 5.32 Å². The van der Waals surface area contributed by atoms with Gasteiger partial charge in [0.2, 0.25) is 0 Å². The summed E-state index contributed by atoms with van der Waals surface area (Å²) in [6.45, 7) is 2.28. The molecule has 1 aliphatic heterocycles. The Hall–Kier alpha value is -0.880. The molecule has 1 unspecified atom stereocenters. The molecule has 0 amide bonds. The Morgan fingerprint density at radius 2 is 2.29 bits per heavy atom. The Morgan fingerprint density at radius 3 is 2.94 bits per heavy atom. The van der Waals surface area contributed by atoms with Gasteiger partial charge in [0.1, 0.15) is 12.0 Å². The third-order valence-electron chi connectivity index (χ3n) is 2.79. The highest BCUT2D eigenvalue weighted by molar-refractivity contribution is 5.85. The predicted octanol–water partition coefficient (Wildman–Crippen LogP) is 0.434. The second kappa shape index (κ2) is 6.16. The van der Waals surface area contributed by atoms with Crippen LogP contribution in [-0.4, -0.2) is 31.0 Å². The lowest BCUT2D eigenvalue weighted by Crippen LogP contribution is -2.51. The van der Waals surface area contributed by atoms with Crippen molar-refractivity contribution in [2.75, 3.05) is 24.5 Å². The lowest BCUT2D eigenvalue weighted by Gasteiger charge is -2.35. The fraction of sp³-hybridized carbons (Fsp3) is 0.455. The quantitative estimate of drug-likeness (QED) is 0.723. The molecule has 2 rings (SSSR count). The maximum Gasteiger partial charge on any atom is 0.139 e. The Morgan fingerprint density at radius 1 is 1.53 bits per heavy atom. The molecule has 0 bridgehead atoms. The van der Waals surface area contributed by atoms with Crippen molar-refractivity contribution in [3.8, 4) is 0 Å². The molecule has 1 heterocycles. The highest BCUT2D eigenvalue weighted by Crippen LogP contribution is 2.23. The zero-order valence-electron chi connectivity index (χ0n) is 9.40. The minimum absolute atomic E-state index is 0. The molecule has 1 aromatic rings. The number of hydrogen-bond donors (Lipinski definition) is 3. The van der Waals surface area contributed by atoms with Gasteiger partial charge in [0.05, 0.1) is 0 Å². The fourth-order valence-electron chi connectivity index (χ4n) is 1.97. The Bertz CT molecular complexity index is 378. The van der Waals surface area contributed by atoms with Gasteiger partial charge in [-0.25, -0.2) is 4.39 Å². The summed E-state index contributed by atoms with van der Waals surface area (Å²) in [7, 11) is 0. The SMILES string of the molecule is Cl.NCc1cc(F)ccc1N1CCNCC1O. The number of piperazine rings is 1. The van der Waals surface area contributed by atoms with Gasteiger partial charge in [-0.2, -0.15) is 0 Å². The highest BCUT2D eigenvalue weighted by Gasteiger charge is 2.21. The highest BCUT2D eigenvalue weighted by atomic mass is 35.5. The molecular weight excluding hydrogens is 245 g/mol. The summed E-state index contributed by atoms with van der Waals surface area (Å²) in [5.74, 6) is -0.297. The van der Waals surface area contributed by atoms with Crippen molar-refractivity contribution in [1.82, 2.24) is 5.32 Å². The molecule has 4 nitrogen and oxygen atoms in total. The van der Waals surface area contributed by atoms with Crippen molar-refractivity contribution in [3.05, 3.63) is 29.6 Å². The van der Waals surface area contributed by atoms with Gasteiger partial charge in [-0.05, 0) is 23.8 Å². The lowest BCUT2D eigenvalue weighted by molar-refractivity contribution is 0.151. The molecule has 1 atom stereocenters. The number of nitrogens with two attached hydrogens (primary N) is 1. The predicted molar refractivity (Wildman–Crippen MR) is 67.8 cm³/mol. The van der Waals surface area contributed by atoms with E-state index >= 15 is 0 Å². The van der Waals surface area contributed by atoms with E-state index in [-0.39, 0.29) is 24.8 Å². The number of aliphatic hydroxyl groups is 1. The summed E-state index contributed by atoms with van der Waals surface area (Å²) in [6.07, 6.45) is -0.579. The van der Waals surface area contributed by atoms with Crippen LogP contribution < -0.4 is 16.0 Å². The summed E-state index contributed by atoms with van der Waals surface area (Å²) in [4.78, 5) is 1.85. The molecule has 6 heteroatoms. The average molecular weight is 262 g/mol. The molecule has 1 aliphatic rings. The smallest absolute Gasteiger partial charge is 0.139 e. The van der Waals surface area contributed by atoms with Crippen molar-refractivity contribution in [2.24, 2.45) is 5.73 Å². The van der Waals surface area contributed by atoms with Crippen LogP contribution in [0.1, 0.15) is 5.56 Å². The minimum Gasteiger partial charge on any atom is -0.372 e. The van der Waals surface area contributed by atoms with Crippen LogP contribution in [0.5, 0.6) is 0 Å². The van der Waals surface area contributed by atoms with E-state index in [1.165, 1.54) is 12.1 Å². The summed E-state index contributed by atoms with van der Waals surface area (Å²) in [5.41, 5.74) is 7.12. The maximum absolute atomic E-state index is 13.0. The van der Waals surface area contributed by atoms with Crippen LogP contribution >= 0.6 is 12.4 Å². The van der Waals surface area contributed by atoms with E-state index in [4.69, 9.17) is 5.73 Å². The summed E-state index contributed by atoms with van der Waals surface area (Å²) < 4.78 is 13.0. The third-order valence-corrected chi connectivity index (χ3v) is 2.79. The fourth-order valence-corrected chi connectivity index (χ4v) is 1.97. The van der Waals surface area contributed by atoms with E-state index in [1.807, 2.05) is 4.90 Å². The zero-order chi connectivity index (χ0) is 11.5. The molecular formula is C11H17ClFN3O. The van der Waals surface area contributed by atoms with Crippen LogP contribution in [0.3, 0.4) is 0 Å². The first-order valence-electron chi connectivity index (χ1n) is 5.36. The van der Waals surface area contributed by atoms with E-state index in [1.54, 1.807) is 6.07 Å². The molecule has 0 aromatic heterocycles. The van der Waals surface area contributed by atoms with Crippen molar-refractivity contribution < 1.29 is 9.50 Å². The molecule has 0 radical (unpaired) electrons. The van der Waals surface area contributed by atoms with Gasteiger partial charge in [0.15, 0.2) is 0 Å². The van der Waals surface area contributed by atoms with E-state index in [0.29, 0.717) is 13.1 Å². The third kappa shape index (κ3) is 3.07. The van der Waals surface area contributed by atoms with Gasteiger partial charge in [-0.3, -0.25) is 0 Å². The molecule has 0 spiro atoms. The molecule has 0 aliphatic carbocycles. The van der Waals surface area contributed by atoms with Gasteiger partial charge in [-0.1, -0.05) is 0 Å². The summed E-state index contributed by atoms with van der Waals surface area (Å²) in [6, 6.07) is 4.49. The van der Waals surface area contributed by atoms with Gasteiger partial charge < -0.3 is 21.1 Å². The molecule has 0 saturated carbocycles. The van der Waals surface area contributed by atoms with Crippen LogP contribution in [0.15, 0.2) is 18.2 Å². The average Bonchev–Trinajstić information content (AvgIpc) is 2.30. The lowest BCUT2D eigenvalue weighted by atomic mass is 10.1. The number of rotatable bonds is 2. The van der Waals surface area contributed by atoms with Crippen molar-refractivity contribution >= 4 is 18.1 Å². The largest absolute Gasteiger partial charge is 0.372 e. The number of nitrogens with zero attached hydrogens (tertiary/aromatic N) is 1. The first-order chi connectivity index (χ1) is 7.72. The van der Waals surface area contributed by atoms with Crippen molar-refractivity contribution in [1.29, 1.82) is 0 Å². The second-order valence-corrected chi connectivity index (χ2v) is 3.86. The normalized spacial score (nSPS) is 19.9. The first-order valence-corrected chi connectivity index (χ1v) is 5.36. The van der Waals surface area contributed by atoms with Crippen molar-refractivity contribution in [3.63, 3.8) is 0 Å². The van der Waals surface area contributed by atoms with Gasteiger partial charge >= 0.3 is 0 Å². The van der Waals surface area contributed by atoms with Crippen LogP contribution in [0.4, 0.5) is 10.1 Å². The Kier molecular flexibility index (Phi) is 5.14. The second-order valence-electron chi connectivity index (χ2n) is 3.86. The number of aliphatic hydroxyl groups excluding tert-OH is 1. The molecule has 1 aromatic carbocycles. The standard InChI is InChI=1S/C11H16FN3O.ClH/c12-9-1-2-10(8(5-9)6-13)15-4-3-14-7-11(15)16;/h1-2,5,11,14,16H,3-4,6-7,13H2;1H. The Balaban J connectivity index is 0.00000144. The molecule has 96 valence electrons. The number of hydrogen-bond acceptors (Lipinski definition) is 4. The van der Waals surface area contributed by atoms with Crippen LogP contribution in [0.2, 0.25) is 0 Å². The number of anilines is 1. The zero-order valence-corrected chi connectivity index (χ0v) is 10.2. The number of nitrogens with one attached hydrogen (secondary N) is 1. The molecule has 1 saturated heterocycles. The Labute approximate surface area is 106 Å². The van der Waals surface area contributed by atoms with E-state index < -0.39 is 6.23 Å². The minimum atomic E-state index is -0.579. The summed E-state index contributed by atoms with van der Waals surface area (Å²) >= 11 is 0. The first kappa shape index (κ1) is 14.2. The van der Waals surface area contributed by atoms with Crippen LogP contribution in [0, 0.1) is 5.82 Å². The molecule has 1 fully saturated rings. The molecule has 4 N–H and O–H groups in total. The van der Waals surface area contributed by atoms with Gasteiger partial charge in [-0.15, -0.1) is 12.4 Å². The van der Waals surface area contributed by atoms with Crippen LogP contribution in [-0.2, 0) is 6.54 Å². The number of benzene rings is 1. The van der Waals surface area contributed by atoms with Crippen molar-refractivity contribution in [2.45, 2.75) is 12.8 Å². The number of β-amino-alcohol motifs (C(OH)–C–C–N with tert-alkyl or cyclic N) is 1. The van der Waals surface area contributed by atoms with Gasteiger partial charge in [0.25, 0.3) is 0 Å². The monoisotopic (exact) mass is 261 g/mol. The van der Waals surface area contributed by atoms with E-state index in [0.717, 1.165) is 17.8 Å².